The molecule has 1 aromatic rings. The molecule has 2 atom stereocenters. The predicted molar refractivity (Wildman–Crippen MR) is 128 cm³/mol. The summed E-state index contributed by atoms with van der Waals surface area (Å²) in [6.07, 6.45) is 7.94. The Balaban J connectivity index is 1.37. The lowest BCUT2D eigenvalue weighted by molar-refractivity contribution is -0.136. The number of benzene rings is 1. The van der Waals surface area contributed by atoms with Crippen molar-refractivity contribution < 1.29 is 23.9 Å². The topological polar surface area (TPSA) is 88.2 Å². The standard InChI is InChI=1S/C26H35N3O5/c1-3-14-26(24(31)29(25(32)27-26)18-22-5-4-17-34-22)20-12-15-28(16-13-20)23(30)11-8-19-6-9-21(33-2)10-7-19/h6-11,20,22H,3-5,12-18H2,1-2H3,(H,27,32)/b11-8+. The number of imide groups is 1. The lowest BCUT2D eigenvalue weighted by Gasteiger charge is -2.40. The molecule has 184 valence electrons. The Morgan fingerprint density at radius 2 is 1.94 bits per heavy atom. The van der Waals surface area contributed by atoms with E-state index in [1.807, 2.05) is 36.1 Å². The van der Waals surface area contributed by atoms with Crippen LogP contribution in [-0.2, 0) is 14.3 Å². The van der Waals surface area contributed by atoms with E-state index in [0.717, 1.165) is 30.6 Å². The number of rotatable bonds is 8. The average molecular weight is 470 g/mol. The van der Waals surface area contributed by atoms with Crippen LogP contribution in [0.1, 0.15) is 51.0 Å². The SMILES string of the molecule is CCCC1(C2CCN(C(=O)/C=C/c3ccc(OC)cc3)CC2)NC(=O)N(CC2CCCO2)C1=O. The first-order chi connectivity index (χ1) is 16.5. The van der Waals surface area contributed by atoms with Crippen molar-refractivity contribution >= 4 is 23.9 Å². The van der Waals surface area contributed by atoms with Crippen LogP contribution in [0.15, 0.2) is 30.3 Å². The van der Waals surface area contributed by atoms with Crippen molar-refractivity contribution in [2.24, 2.45) is 5.92 Å². The van der Waals surface area contributed by atoms with Gasteiger partial charge in [-0.15, -0.1) is 0 Å². The minimum Gasteiger partial charge on any atom is -0.497 e. The molecule has 3 aliphatic rings. The molecule has 0 aliphatic carbocycles. The maximum absolute atomic E-state index is 13.5. The number of amides is 4. The highest BCUT2D eigenvalue weighted by atomic mass is 16.5. The van der Waals surface area contributed by atoms with Crippen LogP contribution in [0.4, 0.5) is 4.79 Å². The van der Waals surface area contributed by atoms with Gasteiger partial charge in [-0.25, -0.2) is 4.79 Å². The van der Waals surface area contributed by atoms with Crippen LogP contribution < -0.4 is 10.1 Å². The van der Waals surface area contributed by atoms with Gasteiger partial charge in [-0.05, 0) is 61.8 Å². The number of piperidine rings is 1. The van der Waals surface area contributed by atoms with Gasteiger partial charge >= 0.3 is 6.03 Å². The predicted octanol–water partition coefficient (Wildman–Crippen LogP) is 3.22. The zero-order chi connectivity index (χ0) is 24.1. The number of urea groups is 1. The molecule has 0 bridgehead atoms. The van der Waals surface area contributed by atoms with Crippen LogP contribution in [0.5, 0.6) is 5.75 Å². The lowest BCUT2D eigenvalue weighted by atomic mass is 9.74. The van der Waals surface area contributed by atoms with Crippen LogP contribution in [0.3, 0.4) is 0 Å². The first-order valence-electron chi connectivity index (χ1n) is 12.3. The Hall–Kier alpha value is -2.87. The van der Waals surface area contributed by atoms with Crippen molar-refractivity contribution in [1.82, 2.24) is 15.1 Å². The first kappa shape index (κ1) is 24.3. The molecular formula is C26H35N3O5. The monoisotopic (exact) mass is 469 g/mol. The van der Waals surface area contributed by atoms with E-state index in [1.165, 1.54) is 4.90 Å². The van der Waals surface area contributed by atoms with E-state index in [9.17, 15) is 14.4 Å². The highest BCUT2D eigenvalue weighted by Gasteiger charge is 2.55. The summed E-state index contributed by atoms with van der Waals surface area (Å²) < 4.78 is 10.8. The van der Waals surface area contributed by atoms with Gasteiger partial charge in [0.2, 0.25) is 5.91 Å². The maximum atomic E-state index is 13.5. The van der Waals surface area contributed by atoms with Gasteiger partial charge in [-0.2, -0.15) is 0 Å². The van der Waals surface area contributed by atoms with Gasteiger partial charge in [0, 0.05) is 25.8 Å². The number of hydrogen-bond donors (Lipinski definition) is 1. The largest absolute Gasteiger partial charge is 0.497 e. The Morgan fingerprint density at radius 1 is 1.21 bits per heavy atom. The molecule has 3 heterocycles. The summed E-state index contributed by atoms with van der Waals surface area (Å²) in [5.41, 5.74) is 0.0509. The van der Waals surface area contributed by atoms with Gasteiger partial charge < -0.3 is 19.7 Å². The number of nitrogens with zero attached hydrogens (tertiary/aromatic N) is 2. The second-order valence-corrected chi connectivity index (χ2v) is 9.41. The molecule has 3 saturated heterocycles. The van der Waals surface area contributed by atoms with Gasteiger partial charge in [0.05, 0.1) is 19.8 Å². The molecule has 8 nitrogen and oxygen atoms in total. The van der Waals surface area contributed by atoms with Crippen molar-refractivity contribution in [3.63, 3.8) is 0 Å². The second kappa shape index (κ2) is 10.6. The van der Waals surface area contributed by atoms with E-state index < -0.39 is 5.54 Å². The third-order valence-electron chi connectivity index (χ3n) is 7.29. The van der Waals surface area contributed by atoms with E-state index in [-0.39, 0.29) is 29.9 Å². The van der Waals surface area contributed by atoms with Crippen LogP contribution in [0.2, 0.25) is 0 Å². The Bertz CT molecular complexity index is 917. The molecule has 34 heavy (non-hydrogen) atoms. The summed E-state index contributed by atoms with van der Waals surface area (Å²) in [7, 11) is 1.62. The summed E-state index contributed by atoms with van der Waals surface area (Å²) in [5, 5.41) is 3.07. The summed E-state index contributed by atoms with van der Waals surface area (Å²) >= 11 is 0. The summed E-state index contributed by atoms with van der Waals surface area (Å²) in [4.78, 5) is 42.2. The summed E-state index contributed by atoms with van der Waals surface area (Å²) in [5.74, 6) is 0.613. The Morgan fingerprint density at radius 3 is 2.56 bits per heavy atom. The van der Waals surface area contributed by atoms with Gasteiger partial charge in [0.15, 0.2) is 0 Å². The second-order valence-electron chi connectivity index (χ2n) is 9.41. The van der Waals surface area contributed by atoms with E-state index in [4.69, 9.17) is 9.47 Å². The van der Waals surface area contributed by atoms with Crippen LogP contribution in [0, 0.1) is 5.92 Å². The minimum atomic E-state index is -0.876. The van der Waals surface area contributed by atoms with E-state index in [1.54, 1.807) is 19.3 Å². The van der Waals surface area contributed by atoms with Crippen LogP contribution in [-0.4, -0.2) is 72.6 Å². The van der Waals surface area contributed by atoms with Crippen molar-refractivity contribution in [1.29, 1.82) is 0 Å². The third kappa shape index (κ3) is 4.97. The van der Waals surface area contributed by atoms with Gasteiger partial charge in [0.25, 0.3) is 5.91 Å². The maximum Gasteiger partial charge on any atom is 0.325 e. The average Bonchev–Trinajstić information content (AvgIpc) is 3.46. The quantitative estimate of drug-likeness (QED) is 0.467. The van der Waals surface area contributed by atoms with Crippen molar-refractivity contribution in [2.45, 2.75) is 57.1 Å². The molecule has 1 N–H and O–H groups in total. The summed E-state index contributed by atoms with van der Waals surface area (Å²) in [6.45, 7) is 4.18. The summed E-state index contributed by atoms with van der Waals surface area (Å²) in [6, 6.07) is 7.21. The Labute approximate surface area is 201 Å². The van der Waals surface area contributed by atoms with Gasteiger partial charge in [-0.1, -0.05) is 25.5 Å². The van der Waals surface area contributed by atoms with Crippen molar-refractivity contribution in [2.75, 3.05) is 33.4 Å². The van der Waals surface area contributed by atoms with Crippen molar-refractivity contribution in [3.05, 3.63) is 35.9 Å². The number of carbonyl (C=O) groups is 3. The first-order valence-corrected chi connectivity index (χ1v) is 12.3. The molecule has 4 rings (SSSR count). The number of methoxy groups -OCH3 is 1. The van der Waals surface area contributed by atoms with Gasteiger partial charge in [-0.3, -0.25) is 14.5 Å². The zero-order valence-corrected chi connectivity index (χ0v) is 20.1. The minimum absolute atomic E-state index is 0.00742. The molecule has 0 radical (unpaired) electrons. The molecule has 4 amide bonds. The van der Waals surface area contributed by atoms with Crippen LogP contribution >= 0.6 is 0 Å². The smallest absolute Gasteiger partial charge is 0.325 e. The molecule has 0 aromatic heterocycles. The van der Waals surface area contributed by atoms with Gasteiger partial charge in [0.1, 0.15) is 11.3 Å². The highest BCUT2D eigenvalue weighted by Crippen LogP contribution is 2.37. The lowest BCUT2D eigenvalue weighted by Crippen LogP contribution is -2.56. The molecule has 3 aliphatic heterocycles. The normalized spacial score (nSPS) is 25.9. The fourth-order valence-corrected chi connectivity index (χ4v) is 5.43. The number of carbonyl (C=O) groups excluding carboxylic acids is 3. The molecule has 0 saturated carbocycles. The zero-order valence-electron chi connectivity index (χ0n) is 20.1. The van der Waals surface area contributed by atoms with E-state index >= 15 is 0 Å². The number of likely N-dealkylation sites (tertiary alicyclic amines) is 1. The third-order valence-corrected chi connectivity index (χ3v) is 7.29. The van der Waals surface area contributed by atoms with Crippen LogP contribution in [0.25, 0.3) is 6.08 Å². The highest BCUT2D eigenvalue weighted by molar-refractivity contribution is 6.07. The van der Waals surface area contributed by atoms with E-state index in [2.05, 4.69) is 5.32 Å². The molecule has 0 spiro atoms. The fourth-order valence-electron chi connectivity index (χ4n) is 5.43. The number of ether oxygens (including phenoxy) is 2. The Kier molecular flexibility index (Phi) is 7.56. The molecular weight excluding hydrogens is 434 g/mol. The molecule has 8 heteroatoms. The number of hydrogen-bond acceptors (Lipinski definition) is 5. The molecule has 2 unspecified atom stereocenters. The molecule has 1 aromatic carbocycles. The van der Waals surface area contributed by atoms with E-state index in [0.29, 0.717) is 45.5 Å². The fraction of sp³-hybridized carbons (Fsp3) is 0.577. The molecule has 3 fully saturated rings. The number of nitrogens with one attached hydrogen (secondary N) is 1. The van der Waals surface area contributed by atoms with Crippen molar-refractivity contribution in [3.8, 4) is 5.75 Å².